The Morgan fingerprint density at radius 2 is 1.95 bits per heavy atom. The number of Topliss-reactive ketones (excluding diaryl/α,β-unsaturated/α-hetero) is 1. The van der Waals surface area contributed by atoms with Gasteiger partial charge < -0.3 is 10.1 Å². The summed E-state index contributed by atoms with van der Waals surface area (Å²) in [5, 5.41) is 2.42. The quantitative estimate of drug-likeness (QED) is 0.378. The van der Waals surface area contributed by atoms with Gasteiger partial charge in [-0.3, -0.25) is 14.6 Å². The highest BCUT2D eigenvalue weighted by molar-refractivity contribution is 5.94. The van der Waals surface area contributed by atoms with E-state index in [1.807, 2.05) is 30.3 Å². The van der Waals surface area contributed by atoms with Gasteiger partial charge in [-0.25, -0.2) is 0 Å². The Hall–Kier alpha value is -2.69. The molecule has 0 fully saturated rings. The van der Waals surface area contributed by atoms with Crippen molar-refractivity contribution in [3.8, 4) is 5.75 Å². The molecule has 1 aromatic carbocycles. The number of rotatable bonds is 6. The summed E-state index contributed by atoms with van der Waals surface area (Å²) in [5.74, 6) is 0.717. The van der Waals surface area contributed by atoms with Crippen molar-refractivity contribution in [2.24, 2.45) is 4.99 Å². The Kier molecular flexibility index (Phi) is 9.73. The molecule has 1 N–H and O–H groups in total. The number of carbonyl (C=O) groups is 2. The van der Waals surface area contributed by atoms with Crippen molar-refractivity contribution >= 4 is 18.9 Å². The lowest BCUT2D eigenvalue weighted by molar-refractivity contribution is -0.113. The number of aliphatic imine (C=N–C) groups is 1. The second kappa shape index (κ2) is 11.2. The maximum atomic E-state index is 10.9. The van der Waals surface area contributed by atoms with E-state index in [4.69, 9.17) is 4.74 Å². The molecule has 5 heteroatoms. The number of methoxy groups -OCH3 is 1. The number of nitrogens with one attached hydrogen (secondary N) is 1. The predicted molar refractivity (Wildman–Crippen MR) is 84.3 cm³/mol. The summed E-state index contributed by atoms with van der Waals surface area (Å²) in [4.78, 5) is 24.5. The number of allylic oxidation sites excluding steroid dienone is 3. The van der Waals surface area contributed by atoms with E-state index in [1.54, 1.807) is 20.1 Å². The Morgan fingerprint density at radius 3 is 2.29 bits per heavy atom. The lowest BCUT2D eigenvalue weighted by Gasteiger charge is -1.99. The minimum atomic E-state index is -0.193. The van der Waals surface area contributed by atoms with Gasteiger partial charge in [0.1, 0.15) is 11.4 Å². The minimum absolute atomic E-state index is 0.193. The summed E-state index contributed by atoms with van der Waals surface area (Å²) < 4.78 is 4.91. The maximum absolute atomic E-state index is 10.9. The molecular formula is C16H20N2O3. The summed E-state index contributed by atoms with van der Waals surface area (Å²) in [7, 11) is 1.66. The molecule has 0 aliphatic carbocycles. The second-order valence-corrected chi connectivity index (χ2v) is 3.77. The minimum Gasteiger partial charge on any atom is -0.497 e. The second-order valence-electron chi connectivity index (χ2n) is 3.77. The van der Waals surface area contributed by atoms with Crippen molar-refractivity contribution in [3.63, 3.8) is 0 Å². The van der Waals surface area contributed by atoms with Crippen molar-refractivity contribution in [2.45, 2.75) is 13.8 Å². The van der Waals surface area contributed by atoms with Crippen molar-refractivity contribution in [1.29, 1.82) is 0 Å². The highest BCUT2D eigenvalue weighted by Gasteiger charge is 2.00. The van der Waals surface area contributed by atoms with Crippen LogP contribution in [-0.2, 0) is 9.59 Å². The summed E-state index contributed by atoms with van der Waals surface area (Å²) in [6.07, 6.45) is 3.65. The molecule has 21 heavy (non-hydrogen) atoms. The average molecular weight is 288 g/mol. The first-order valence-corrected chi connectivity index (χ1v) is 6.23. The number of para-hydroxylation sites is 1. The van der Waals surface area contributed by atoms with E-state index >= 15 is 0 Å². The fourth-order valence-corrected chi connectivity index (χ4v) is 1.24. The number of benzene rings is 1. The zero-order chi connectivity index (χ0) is 16.1. The van der Waals surface area contributed by atoms with Gasteiger partial charge in [0.25, 0.3) is 0 Å². The molecule has 112 valence electrons. The van der Waals surface area contributed by atoms with Crippen LogP contribution in [0.5, 0.6) is 5.75 Å². The van der Waals surface area contributed by atoms with E-state index < -0.39 is 0 Å². The number of ketones is 1. The molecule has 0 spiro atoms. The largest absolute Gasteiger partial charge is 0.497 e. The van der Waals surface area contributed by atoms with Gasteiger partial charge in [-0.05, 0) is 31.9 Å². The number of ether oxygens (including phenoxy) is 1. The van der Waals surface area contributed by atoms with Gasteiger partial charge in [0.2, 0.25) is 6.41 Å². The first-order chi connectivity index (χ1) is 10.1. The summed E-state index contributed by atoms with van der Waals surface area (Å²) in [6, 6.07) is 9.68. The summed E-state index contributed by atoms with van der Waals surface area (Å²) in [5.41, 5.74) is 0.745. The third-order valence-corrected chi connectivity index (χ3v) is 2.34. The SMILES string of the molecule is C=N/C(=C\C(=C/C)NC=O)C(C)=O.COc1ccccc1. The van der Waals surface area contributed by atoms with Crippen LogP contribution in [0.15, 0.2) is 58.9 Å². The van der Waals surface area contributed by atoms with E-state index in [-0.39, 0.29) is 11.5 Å². The molecule has 0 unspecified atom stereocenters. The van der Waals surface area contributed by atoms with Gasteiger partial charge in [0.15, 0.2) is 5.78 Å². The van der Waals surface area contributed by atoms with Crippen molar-refractivity contribution in [1.82, 2.24) is 5.32 Å². The number of hydrogen-bond donors (Lipinski definition) is 1. The summed E-state index contributed by atoms with van der Waals surface area (Å²) >= 11 is 0. The zero-order valence-corrected chi connectivity index (χ0v) is 12.5. The van der Waals surface area contributed by atoms with Crippen LogP contribution in [0.25, 0.3) is 0 Å². The van der Waals surface area contributed by atoms with Crippen molar-refractivity contribution in [2.75, 3.05) is 7.11 Å². The first-order valence-electron chi connectivity index (χ1n) is 6.23. The number of hydrogen-bond acceptors (Lipinski definition) is 4. The Bertz CT molecular complexity index is 520. The third-order valence-electron chi connectivity index (χ3n) is 2.34. The van der Waals surface area contributed by atoms with Crippen LogP contribution in [0.4, 0.5) is 0 Å². The van der Waals surface area contributed by atoms with E-state index in [9.17, 15) is 9.59 Å². The molecule has 1 rings (SSSR count). The smallest absolute Gasteiger partial charge is 0.211 e. The van der Waals surface area contributed by atoms with Gasteiger partial charge in [-0.15, -0.1) is 0 Å². The van der Waals surface area contributed by atoms with Gasteiger partial charge in [-0.1, -0.05) is 24.3 Å². The Morgan fingerprint density at radius 1 is 1.33 bits per heavy atom. The Balaban J connectivity index is 0.000000423. The van der Waals surface area contributed by atoms with E-state index in [0.29, 0.717) is 12.1 Å². The summed E-state index contributed by atoms with van der Waals surface area (Å²) in [6.45, 7) is 6.37. The molecule has 1 amide bonds. The lowest BCUT2D eigenvalue weighted by Crippen LogP contribution is -2.09. The number of amides is 1. The van der Waals surface area contributed by atoms with Crippen LogP contribution < -0.4 is 10.1 Å². The molecule has 0 aliphatic heterocycles. The maximum Gasteiger partial charge on any atom is 0.211 e. The van der Waals surface area contributed by atoms with E-state index in [1.165, 1.54) is 13.0 Å². The highest BCUT2D eigenvalue weighted by Crippen LogP contribution is 2.05. The molecule has 0 saturated heterocycles. The highest BCUT2D eigenvalue weighted by atomic mass is 16.5. The fraction of sp³-hybridized carbons (Fsp3) is 0.188. The molecule has 1 aromatic rings. The molecular weight excluding hydrogens is 268 g/mol. The first kappa shape index (κ1) is 18.3. The van der Waals surface area contributed by atoms with E-state index in [0.717, 1.165) is 5.75 Å². The fourth-order valence-electron chi connectivity index (χ4n) is 1.24. The van der Waals surface area contributed by atoms with Crippen molar-refractivity contribution < 1.29 is 14.3 Å². The topological polar surface area (TPSA) is 67.8 Å². The number of carbonyl (C=O) groups excluding carboxylic acids is 2. The molecule has 0 radical (unpaired) electrons. The number of nitrogens with zero attached hydrogens (tertiary/aromatic N) is 1. The van der Waals surface area contributed by atoms with Gasteiger partial charge >= 0.3 is 0 Å². The van der Waals surface area contributed by atoms with Gasteiger partial charge in [0, 0.05) is 12.6 Å². The van der Waals surface area contributed by atoms with Crippen LogP contribution in [0.2, 0.25) is 0 Å². The van der Waals surface area contributed by atoms with Crippen LogP contribution in [0, 0.1) is 0 Å². The average Bonchev–Trinajstić information content (AvgIpc) is 2.52. The van der Waals surface area contributed by atoms with Crippen LogP contribution in [-0.4, -0.2) is 26.0 Å². The molecule has 0 heterocycles. The zero-order valence-electron chi connectivity index (χ0n) is 12.5. The molecule has 0 bridgehead atoms. The van der Waals surface area contributed by atoms with E-state index in [2.05, 4.69) is 17.0 Å². The molecule has 0 aliphatic rings. The molecule has 0 atom stereocenters. The normalized spacial score (nSPS) is 10.8. The molecule has 0 aromatic heterocycles. The predicted octanol–water partition coefficient (Wildman–Crippen LogP) is 2.50. The molecule has 0 saturated carbocycles. The van der Waals surface area contributed by atoms with Crippen LogP contribution >= 0.6 is 0 Å². The standard InChI is InChI=1S/C9H12N2O2.C7H8O/c1-4-8(11-6-12)5-9(10-3)7(2)13;1-8-7-5-3-2-4-6-7/h4-6H,3H2,1-2H3,(H,11,12);2-6H,1H3/b8-4+,9-5-;. The third kappa shape index (κ3) is 8.15. The van der Waals surface area contributed by atoms with Gasteiger partial charge in [-0.2, -0.15) is 0 Å². The molecule has 5 nitrogen and oxygen atoms in total. The Labute approximate surface area is 125 Å². The monoisotopic (exact) mass is 288 g/mol. The van der Waals surface area contributed by atoms with Crippen molar-refractivity contribution in [3.05, 3.63) is 53.9 Å². The lowest BCUT2D eigenvalue weighted by atomic mass is 10.2. The van der Waals surface area contributed by atoms with Crippen LogP contribution in [0.1, 0.15) is 13.8 Å². The van der Waals surface area contributed by atoms with Crippen LogP contribution in [0.3, 0.4) is 0 Å². The van der Waals surface area contributed by atoms with Gasteiger partial charge in [0.05, 0.1) is 7.11 Å².